The van der Waals surface area contributed by atoms with Crippen molar-refractivity contribution in [2.75, 3.05) is 38.2 Å². The number of nitro benzene ring substituents is 1. The van der Waals surface area contributed by atoms with Crippen LogP contribution in [0.2, 0.25) is 0 Å². The molecule has 1 saturated heterocycles. The van der Waals surface area contributed by atoms with Gasteiger partial charge in [-0.15, -0.1) is 0 Å². The number of primary sulfonamides is 1. The second-order valence-corrected chi connectivity index (χ2v) is 8.47. The number of hydrogen-bond donors (Lipinski definition) is 2. The number of morpholine rings is 1. The third-order valence-electron chi connectivity index (χ3n) is 4.88. The van der Waals surface area contributed by atoms with Gasteiger partial charge in [-0.25, -0.2) is 13.6 Å². The number of non-ortho nitro benzene ring substituents is 1. The predicted molar refractivity (Wildman–Crippen MR) is 109 cm³/mol. The molecular weight excluding hydrogens is 396 g/mol. The third-order valence-corrected chi connectivity index (χ3v) is 5.83. The van der Waals surface area contributed by atoms with Crippen LogP contribution >= 0.6 is 0 Å². The fourth-order valence-electron chi connectivity index (χ4n) is 3.44. The molecular formula is C19H24N4O5S. The van der Waals surface area contributed by atoms with Crippen LogP contribution in [0.15, 0.2) is 47.4 Å². The minimum Gasteiger partial charge on any atom is -0.382 e. The van der Waals surface area contributed by atoms with Crippen LogP contribution in [0.4, 0.5) is 11.4 Å². The van der Waals surface area contributed by atoms with Gasteiger partial charge in [-0.2, -0.15) is 0 Å². The lowest BCUT2D eigenvalue weighted by Crippen LogP contribution is -2.41. The largest absolute Gasteiger partial charge is 0.382 e. The number of ether oxygens (including phenoxy) is 1. The molecule has 3 N–H and O–H groups in total. The van der Waals surface area contributed by atoms with E-state index in [0.29, 0.717) is 19.8 Å². The van der Waals surface area contributed by atoms with Crippen molar-refractivity contribution >= 4 is 21.4 Å². The van der Waals surface area contributed by atoms with Crippen LogP contribution in [0.5, 0.6) is 0 Å². The van der Waals surface area contributed by atoms with E-state index in [4.69, 9.17) is 9.88 Å². The normalized spacial score (nSPS) is 16.3. The summed E-state index contributed by atoms with van der Waals surface area (Å²) in [6, 6.07) is 11.7. The summed E-state index contributed by atoms with van der Waals surface area (Å²) in [6.07, 6.45) is 0. The Morgan fingerprint density at radius 1 is 1.24 bits per heavy atom. The number of nitro groups is 1. The first-order valence-corrected chi connectivity index (χ1v) is 10.7. The van der Waals surface area contributed by atoms with Gasteiger partial charge in [0.2, 0.25) is 10.0 Å². The summed E-state index contributed by atoms with van der Waals surface area (Å²) in [4.78, 5) is 12.3. The summed E-state index contributed by atoms with van der Waals surface area (Å²) >= 11 is 0. The minimum atomic E-state index is -4.13. The zero-order valence-electron chi connectivity index (χ0n) is 16.1. The Hall–Kier alpha value is -2.53. The molecule has 3 rings (SSSR count). The van der Waals surface area contributed by atoms with E-state index in [0.717, 1.165) is 30.3 Å². The molecule has 1 atom stereocenters. The first-order valence-electron chi connectivity index (χ1n) is 9.19. The summed E-state index contributed by atoms with van der Waals surface area (Å²) in [5.74, 6) is 0. The van der Waals surface area contributed by atoms with Gasteiger partial charge >= 0.3 is 0 Å². The highest BCUT2D eigenvalue weighted by molar-refractivity contribution is 7.89. The second-order valence-electron chi connectivity index (χ2n) is 6.94. The maximum atomic E-state index is 12.0. The lowest BCUT2D eigenvalue weighted by molar-refractivity contribution is -0.385. The van der Waals surface area contributed by atoms with E-state index in [1.54, 1.807) is 0 Å². The zero-order valence-corrected chi connectivity index (χ0v) is 16.9. The van der Waals surface area contributed by atoms with Gasteiger partial charge in [-0.3, -0.25) is 15.0 Å². The molecule has 1 heterocycles. The molecule has 0 saturated carbocycles. The van der Waals surface area contributed by atoms with E-state index < -0.39 is 14.9 Å². The van der Waals surface area contributed by atoms with Crippen LogP contribution in [0.1, 0.15) is 17.2 Å². The topological polar surface area (TPSA) is 128 Å². The van der Waals surface area contributed by atoms with Gasteiger partial charge in [0, 0.05) is 31.8 Å². The average Bonchev–Trinajstić information content (AvgIpc) is 2.68. The molecule has 1 fully saturated rings. The molecule has 0 aliphatic carbocycles. The number of hydrogen-bond acceptors (Lipinski definition) is 7. The zero-order chi connectivity index (χ0) is 21.0. The Kier molecular flexibility index (Phi) is 6.48. The molecule has 0 amide bonds. The van der Waals surface area contributed by atoms with Crippen LogP contribution in [-0.4, -0.2) is 51.1 Å². The number of rotatable bonds is 7. The maximum absolute atomic E-state index is 12.0. The van der Waals surface area contributed by atoms with Crippen molar-refractivity contribution in [1.82, 2.24) is 4.90 Å². The number of nitrogens with two attached hydrogens (primary N) is 1. The molecule has 0 radical (unpaired) electrons. The fraction of sp³-hybridized carbons (Fsp3) is 0.368. The molecule has 2 aromatic rings. The average molecular weight is 420 g/mol. The molecule has 9 nitrogen and oxygen atoms in total. The van der Waals surface area contributed by atoms with Gasteiger partial charge in [0.05, 0.1) is 29.9 Å². The van der Waals surface area contributed by atoms with Crippen molar-refractivity contribution in [2.24, 2.45) is 5.14 Å². The quantitative estimate of drug-likeness (QED) is 0.518. The first-order chi connectivity index (χ1) is 13.8. The molecule has 0 spiro atoms. The number of aryl methyl sites for hydroxylation is 1. The monoisotopic (exact) mass is 420 g/mol. The molecule has 0 bridgehead atoms. The van der Waals surface area contributed by atoms with Gasteiger partial charge in [0.1, 0.15) is 4.90 Å². The smallest absolute Gasteiger partial charge is 0.270 e. The Labute approximate surface area is 169 Å². The van der Waals surface area contributed by atoms with Crippen molar-refractivity contribution < 1.29 is 18.1 Å². The molecule has 156 valence electrons. The molecule has 10 heteroatoms. The lowest BCUT2D eigenvalue weighted by Gasteiger charge is -2.35. The van der Waals surface area contributed by atoms with Crippen molar-refractivity contribution in [1.29, 1.82) is 0 Å². The van der Waals surface area contributed by atoms with Gasteiger partial charge in [0.15, 0.2) is 0 Å². The van der Waals surface area contributed by atoms with E-state index in [2.05, 4.69) is 16.3 Å². The summed E-state index contributed by atoms with van der Waals surface area (Å²) < 4.78 is 29.4. The van der Waals surface area contributed by atoms with E-state index in [1.165, 1.54) is 12.1 Å². The highest BCUT2D eigenvalue weighted by Gasteiger charge is 2.24. The first kappa shape index (κ1) is 21.2. The Morgan fingerprint density at radius 2 is 1.97 bits per heavy atom. The number of nitrogens with zero attached hydrogens (tertiary/aromatic N) is 2. The van der Waals surface area contributed by atoms with Crippen molar-refractivity contribution in [3.8, 4) is 0 Å². The second kappa shape index (κ2) is 8.87. The summed E-state index contributed by atoms with van der Waals surface area (Å²) in [7, 11) is -4.13. The molecule has 1 aliphatic heterocycles. The lowest BCUT2D eigenvalue weighted by atomic mass is 10.0. The van der Waals surface area contributed by atoms with Crippen LogP contribution in [0.3, 0.4) is 0 Å². The van der Waals surface area contributed by atoms with E-state index in [1.807, 2.05) is 25.1 Å². The maximum Gasteiger partial charge on any atom is 0.270 e. The molecule has 0 aromatic heterocycles. The molecule has 0 unspecified atom stereocenters. The Balaban J connectivity index is 1.90. The Morgan fingerprint density at radius 3 is 2.59 bits per heavy atom. The van der Waals surface area contributed by atoms with Crippen LogP contribution in [0.25, 0.3) is 0 Å². The predicted octanol–water partition coefficient (Wildman–Crippen LogP) is 2.04. The van der Waals surface area contributed by atoms with Crippen molar-refractivity contribution in [2.45, 2.75) is 17.9 Å². The SMILES string of the molecule is Cc1cccc([C@H](CNc2ccc([N+](=O)[O-])cc2S(N)(=O)=O)N2CCOCC2)c1. The van der Waals surface area contributed by atoms with Crippen molar-refractivity contribution in [3.05, 3.63) is 63.7 Å². The van der Waals surface area contributed by atoms with Crippen molar-refractivity contribution in [3.63, 3.8) is 0 Å². The fourth-order valence-corrected chi connectivity index (χ4v) is 4.17. The Bertz CT molecular complexity index is 990. The number of benzene rings is 2. The summed E-state index contributed by atoms with van der Waals surface area (Å²) in [5, 5.41) is 19.4. The number of anilines is 1. The van der Waals surface area contributed by atoms with E-state index >= 15 is 0 Å². The molecule has 2 aromatic carbocycles. The molecule has 29 heavy (non-hydrogen) atoms. The van der Waals surface area contributed by atoms with Crippen LogP contribution in [-0.2, 0) is 14.8 Å². The summed E-state index contributed by atoms with van der Waals surface area (Å²) in [5.41, 5.74) is 2.13. The van der Waals surface area contributed by atoms with Gasteiger partial charge in [-0.05, 0) is 18.6 Å². The molecule has 1 aliphatic rings. The van der Waals surface area contributed by atoms with E-state index in [9.17, 15) is 18.5 Å². The highest BCUT2D eigenvalue weighted by atomic mass is 32.2. The minimum absolute atomic E-state index is 0.0256. The van der Waals surface area contributed by atoms with Gasteiger partial charge < -0.3 is 10.1 Å². The van der Waals surface area contributed by atoms with Crippen LogP contribution in [0, 0.1) is 17.0 Å². The number of sulfonamides is 1. The van der Waals surface area contributed by atoms with Crippen LogP contribution < -0.4 is 10.5 Å². The van der Waals surface area contributed by atoms with Gasteiger partial charge in [-0.1, -0.05) is 29.8 Å². The highest BCUT2D eigenvalue weighted by Crippen LogP contribution is 2.28. The third kappa shape index (κ3) is 5.30. The summed E-state index contributed by atoms with van der Waals surface area (Å²) in [6.45, 7) is 5.18. The van der Waals surface area contributed by atoms with E-state index in [-0.39, 0.29) is 22.3 Å². The van der Waals surface area contributed by atoms with Gasteiger partial charge in [0.25, 0.3) is 5.69 Å². The standard InChI is InChI=1S/C19H24N4O5S/c1-14-3-2-4-15(11-14)18(22-7-9-28-10-8-22)13-21-17-6-5-16(23(24)25)12-19(17)29(20,26)27/h2-6,11-12,18,21H,7-10,13H2,1H3,(H2,20,26,27)/t18-/m0/s1. The number of nitrogens with one attached hydrogen (secondary N) is 1.